The maximum atomic E-state index is 6.14. The molecule has 112 valence electrons. The molecule has 2 rings (SSSR count). The van der Waals surface area contributed by atoms with E-state index >= 15 is 0 Å². The lowest BCUT2D eigenvalue weighted by atomic mass is 9.77. The lowest BCUT2D eigenvalue weighted by Gasteiger charge is -2.44. The molecule has 1 unspecified atom stereocenters. The van der Waals surface area contributed by atoms with Crippen LogP contribution in [0.15, 0.2) is 0 Å². The molecule has 1 aliphatic carbocycles. The van der Waals surface area contributed by atoms with Crippen LogP contribution in [-0.2, 0) is 9.47 Å². The first-order valence-corrected chi connectivity index (χ1v) is 7.98. The molecule has 0 aromatic heterocycles. The summed E-state index contributed by atoms with van der Waals surface area (Å²) in [6, 6.07) is 0.263. The van der Waals surface area contributed by atoms with Gasteiger partial charge in [0.1, 0.15) is 0 Å². The fourth-order valence-electron chi connectivity index (χ4n) is 3.79. The second-order valence-electron chi connectivity index (χ2n) is 6.07. The van der Waals surface area contributed by atoms with E-state index in [2.05, 4.69) is 12.3 Å². The van der Waals surface area contributed by atoms with Crippen LogP contribution in [0.25, 0.3) is 0 Å². The van der Waals surface area contributed by atoms with Crippen LogP contribution in [0.2, 0.25) is 0 Å². The molecule has 0 bridgehead atoms. The highest BCUT2D eigenvalue weighted by atomic mass is 16.5. The third-order valence-corrected chi connectivity index (χ3v) is 4.90. The Labute approximate surface area is 117 Å². The van der Waals surface area contributed by atoms with Crippen molar-refractivity contribution in [3.05, 3.63) is 0 Å². The first kappa shape index (κ1) is 15.2. The van der Waals surface area contributed by atoms with Crippen LogP contribution in [-0.4, -0.2) is 31.5 Å². The lowest BCUT2D eigenvalue weighted by Crippen LogP contribution is -2.58. The summed E-state index contributed by atoms with van der Waals surface area (Å²) in [7, 11) is 0. The molecule has 4 nitrogen and oxygen atoms in total. The molecular formula is C15H30N2O2. The van der Waals surface area contributed by atoms with Gasteiger partial charge in [0.25, 0.3) is 0 Å². The number of ether oxygens (including phenoxy) is 2. The van der Waals surface area contributed by atoms with Gasteiger partial charge in [-0.25, -0.2) is 0 Å². The molecule has 0 aromatic carbocycles. The van der Waals surface area contributed by atoms with E-state index in [-0.39, 0.29) is 11.6 Å². The quantitative estimate of drug-likeness (QED) is 0.575. The van der Waals surface area contributed by atoms with E-state index in [0.29, 0.717) is 0 Å². The smallest absolute Gasteiger partial charge is 0.0891 e. The van der Waals surface area contributed by atoms with Gasteiger partial charge in [-0.15, -0.1) is 0 Å². The average molecular weight is 270 g/mol. The van der Waals surface area contributed by atoms with E-state index in [4.69, 9.17) is 15.3 Å². The molecule has 0 radical (unpaired) electrons. The molecule has 19 heavy (non-hydrogen) atoms. The van der Waals surface area contributed by atoms with Gasteiger partial charge in [-0.05, 0) is 19.3 Å². The van der Waals surface area contributed by atoms with Crippen LogP contribution < -0.4 is 11.3 Å². The van der Waals surface area contributed by atoms with E-state index < -0.39 is 0 Å². The van der Waals surface area contributed by atoms with Crippen molar-refractivity contribution in [2.75, 3.05) is 19.8 Å². The molecule has 0 spiro atoms. The summed E-state index contributed by atoms with van der Waals surface area (Å²) in [5, 5.41) is 0. The first-order chi connectivity index (χ1) is 9.30. The first-order valence-electron chi connectivity index (χ1n) is 7.98. The Balaban J connectivity index is 1.98. The third-order valence-electron chi connectivity index (χ3n) is 4.90. The summed E-state index contributed by atoms with van der Waals surface area (Å²) in [5.74, 6) is 6.68. The summed E-state index contributed by atoms with van der Waals surface area (Å²) >= 11 is 0. The summed E-state index contributed by atoms with van der Waals surface area (Å²) in [6.07, 6.45) is 9.95. The van der Waals surface area contributed by atoms with Gasteiger partial charge in [0.05, 0.1) is 11.6 Å². The minimum Gasteiger partial charge on any atom is -0.381 e. The minimum atomic E-state index is -0.112. The molecule has 1 atom stereocenters. The van der Waals surface area contributed by atoms with Crippen LogP contribution in [0, 0.1) is 5.92 Å². The van der Waals surface area contributed by atoms with Crippen LogP contribution in [0.4, 0.5) is 0 Å². The SMILES string of the molecule is CCOC1(C(CC2CCCCC2)NN)CCOCC1. The van der Waals surface area contributed by atoms with E-state index in [1.807, 2.05) is 0 Å². The Morgan fingerprint density at radius 2 is 1.95 bits per heavy atom. The van der Waals surface area contributed by atoms with Gasteiger partial charge in [-0.3, -0.25) is 11.3 Å². The monoisotopic (exact) mass is 270 g/mol. The van der Waals surface area contributed by atoms with Crippen molar-refractivity contribution in [1.29, 1.82) is 0 Å². The summed E-state index contributed by atoms with van der Waals surface area (Å²) in [6.45, 7) is 4.42. The fraction of sp³-hybridized carbons (Fsp3) is 1.00. The number of hydrazine groups is 1. The zero-order valence-corrected chi connectivity index (χ0v) is 12.3. The zero-order valence-electron chi connectivity index (χ0n) is 12.3. The maximum Gasteiger partial charge on any atom is 0.0891 e. The van der Waals surface area contributed by atoms with Crippen LogP contribution >= 0.6 is 0 Å². The predicted molar refractivity (Wildman–Crippen MR) is 76.7 cm³/mol. The van der Waals surface area contributed by atoms with Crippen molar-refractivity contribution in [3.8, 4) is 0 Å². The molecule has 1 heterocycles. The molecule has 2 aliphatic rings. The molecule has 3 N–H and O–H groups in total. The van der Waals surface area contributed by atoms with Gasteiger partial charge >= 0.3 is 0 Å². The second-order valence-corrected chi connectivity index (χ2v) is 6.07. The zero-order chi connectivity index (χ0) is 13.6. The number of rotatable bonds is 6. The fourth-order valence-corrected chi connectivity index (χ4v) is 3.79. The summed E-state index contributed by atoms with van der Waals surface area (Å²) in [4.78, 5) is 0. The van der Waals surface area contributed by atoms with Crippen LogP contribution in [0.5, 0.6) is 0 Å². The highest BCUT2D eigenvalue weighted by molar-refractivity contribution is 4.95. The average Bonchev–Trinajstić information content (AvgIpc) is 2.47. The standard InChI is InChI=1S/C15H30N2O2/c1-2-19-15(8-10-18-11-9-15)14(17-16)12-13-6-4-3-5-7-13/h13-14,17H,2-12,16H2,1H3. The Hall–Kier alpha value is -0.160. The largest absolute Gasteiger partial charge is 0.381 e. The Kier molecular flexibility index (Phi) is 6.07. The van der Waals surface area contributed by atoms with Crippen molar-refractivity contribution in [2.24, 2.45) is 11.8 Å². The van der Waals surface area contributed by atoms with Crippen molar-refractivity contribution in [3.63, 3.8) is 0 Å². The molecule has 4 heteroatoms. The van der Waals surface area contributed by atoms with E-state index in [1.165, 1.54) is 32.1 Å². The molecule has 1 saturated heterocycles. The summed E-state index contributed by atoms with van der Waals surface area (Å²) in [5.41, 5.74) is 2.95. The van der Waals surface area contributed by atoms with Crippen LogP contribution in [0.1, 0.15) is 58.3 Å². The van der Waals surface area contributed by atoms with E-state index in [0.717, 1.165) is 45.0 Å². The molecular weight excluding hydrogens is 240 g/mol. The lowest BCUT2D eigenvalue weighted by molar-refractivity contribution is -0.130. The van der Waals surface area contributed by atoms with Gasteiger partial charge in [-0.1, -0.05) is 32.1 Å². The van der Waals surface area contributed by atoms with Gasteiger partial charge < -0.3 is 9.47 Å². The normalized spacial score (nSPS) is 26.2. The summed E-state index contributed by atoms with van der Waals surface area (Å²) < 4.78 is 11.6. The van der Waals surface area contributed by atoms with Gasteiger partial charge in [0.15, 0.2) is 0 Å². The Morgan fingerprint density at radius 3 is 2.53 bits per heavy atom. The molecule has 1 aliphatic heterocycles. The molecule has 2 fully saturated rings. The number of nitrogens with two attached hydrogens (primary N) is 1. The molecule has 1 saturated carbocycles. The predicted octanol–water partition coefficient (Wildman–Crippen LogP) is 2.37. The van der Waals surface area contributed by atoms with Crippen molar-refractivity contribution < 1.29 is 9.47 Å². The highest BCUT2D eigenvalue weighted by Gasteiger charge is 2.41. The topological polar surface area (TPSA) is 56.5 Å². The Bertz CT molecular complexity index is 243. The minimum absolute atomic E-state index is 0.112. The van der Waals surface area contributed by atoms with Crippen molar-refractivity contribution in [2.45, 2.75) is 69.9 Å². The van der Waals surface area contributed by atoms with Gasteiger partial charge in [-0.2, -0.15) is 0 Å². The van der Waals surface area contributed by atoms with Crippen molar-refractivity contribution >= 4 is 0 Å². The third kappa shape index (κ3) is 3.91. The van der Waals surface area contributed by atoms with Gasteiger partial charge in [0.2, 0.25) is 0 Å². The number of hydrogen-bond donors (Lipinski definition) is 2. The Morgan fingerprint density at radius 1 is 1.26 bits per heavy atom. The number of nitrogens with one attached hydrogen (secondary N) is 1. The second kappa shape index (κ2) is 7.58. The molecule has 0 amide bonds. The van der Waals surface area contributed by atoms with E-state index in [1.54, 1.807) is 0 Å². The maximum absolute atomic E-state index is 6.14. The van der Waals surface area contributed by atoms with Crippen LogP contribution in [0.3, 0.4) is 0 Å². The highest BCUT2D eigenvalue weighted by Crippen LogP contribution is 2.35. The molecule has 0 aromatic rings. The van der Waals surface area contributed by atoms with Crippen molar-refractivity contribution in [1.82, 2.24) is 5.43 Å². The van der Waals surface area contributed by atoms with Gasteiger partial charge in [0, 0.05) is 32.7 Å². The number of hydrogen-bond acceptors (Lipinski definition) is 4. The van der Waals surface area contributed by atoms with E-state index in [9.17, 15) is 0 Å².